The molecule has 0 amide bonds. The van der Waals surface area contributed by atoms with E-state index >= 15 is 0 Å². The average Bonchev–Trinajstić information content (AvgIpc) is 2.41. The highest BCUT2D eigenvalue weighted by Gasteiger charge is 2.23. The Kier molecular flexibility index (Phi) is 6.43. The standard InChI is InChI=1S/C17H32N4/c1-8-10-14-20-15(18-9-2)13(5)16(21-14)19-11-17(6,7)12(3)4/h12H,8-11H2,1-7H3,(H2,18,19,20,21). The van der Waals surface area contributed by atoms with Gasteiger partial charge in [-0.25, -0.2) is 9.97 Å². The van der Waals surface area contributed by atoms with Crippen LogP contribution in [0.2, 0.25) is 0 Å². The predicted octanol–water partition coefficient (Wildman–Crippen LogP) is 4.26. The van der Waals surface area contributed by atoms with Gasteiger partial charge in [-0.3, -0.25) is 0 Å². The maximum absolute atomic E-state index is 4.71. The van der Waals surface area contributed by atoms with E-state index in [1.165, 1.54) is 0 Å². The molecule has 0 bridgehead atoms. The Hall–Kier alpha value is -1.32. The van der Waals surface area contributed by atoms with Gasteiger partial charge in [-0.1, -0.05) is 34.6 Å². The lowest BCUT2D eigenvalue weighted by Gasteiger charge is -2.30. The molecule has 0 atom stereocenters. The van der Waals surface area contributed by atoms with Gasteiger partial charge in [0.25, 0.3) is 0 Å². The molecule has 1 aromatic rings. The van der Waals surface area contributed by atoms with E-state index < -0.39 is 0 Å². The summed E-state index contributed by atoms with van der Waals surface area (Å²) in [5.74, 6) is 3.47. The molecule has 1 aromatic heterocycles. The summed E-state index contributed by atoms with van der Waals surface area (Å²) in [7, 11) is 0. The first-order valence-corrected chi connectivity index (χ1v) is 8.17. The minimum absolute atomic E-state index is 0.237. The molecule has 0 spiro atoms. The summed E-state index contributed by atoms with van der Waals surface area (Å²) < 4.78 is 0. The molecule has 0 aromatic carbocycles. The second kappa shape index (κ2) is 7.62. The van der Waals surface area contributed by atoms with Gasteiger partial charge in [0, 0.05) is 25.1 Å². The van der Waals surface area contributed by atoms with E-state index in [1.807, 2.05) is 0 Å². The van der Waals surface area contributed by atoms with Crippen LogP contribution in [0.1, 0.15) is 59.4 Å². The summed E-state index contributed by atoms with van der Waals surface area (Å²) >= 11 is 0. The summed E-state index contributed by atoms with van der Waals surface area (Å²) in [6.07, 6.45) is 1.98. The Morgan fingerprint density at radius 2 is 1.62 bits per heavy atom. The molecule has 120 valence electrons. The van der Waals surface area contributed by atoms with E-state index in [4.69, 9.17) is 4.98 Å². The van der Waals surface area contributed by atoms with E-state index in [9.17, 15) is 0 Å². The van der Waals surface area contributed by atoms with Gasteiger partial charge >= 0.3 is 0 Å². The highest BCUT2D eigenvalue weighted by atomic mass is 15.1. The zero-order valence-corrected chi connectivity index (χ0v) is 14.8. The largest absolute Gasteiger partial charge is 0.370 e. The van der Waals surface area contributed by atoms with Crippen molar-refractivity contribution in [2.75, 3.05) is 23.7 Å². The van der Waals surface area contributed by atoms with Crippen LogP contribution in [0.3, 0.4) is 0 Å². The van der Waals surface area contributed by atoms with Crippen LogP contribution in [0.15, 0.2) is 0 Å². The average molecular weight is 292 g/mol. The molecule has 0 saturated heterocycles. The van der Waals surface area contributed by atoms with Crippen LogP contribution >= 0.6 is 0 Å². The second-order valence-electron chi connectivity index (χ2n) is 6.74. The minimum atomic E-state index is 0.237. The van der Waals surface area contributed by atoms with E-state index in [1.54, 1.807) is 0 Å². The van der Waals surface area contributed by atoms with E-state index in [0.717, 1.165) is 49.0 Å². The predicted molar refractivity (Wildman–Crippen MR) is 92.0 cm³/mol. The van der Waals surface area contributed by atoms with Gasteiger partial charge in [0.15, 0.2) is 0 Å². The summed E-state index contributed by atoms with van der Waals surface area (Å²) in [6.45, 7) is 17.2. The van der Waals surface area contributed by atoms with Gasteiger partial charge in [0.05, 0.1) is 0 Å². The Morgan fingerprint density at radius 1 is 1.05 bits per heavy atom. The number of aromatic nitrogens is 2. The lowest BCUT2D eigenvalue weighted by Crippen LogP contribution is -2.29. The smallest absolute Gasteiger partial charge is 0.134 e. The zero-order chi connectivity index (χ0) is 16.0. The fraction of sp³-hybridized carbons (Fsp3) is 0.765. The molecule has 0 aliphatic rings. The third kappa shape index (κ3) is 4.87. The normalized spacial score (nSPS) is 11.8. The Balaban J connectivity index is 2.99. The molecule has 0 aliphatic heterocycles. The molecule has 0 unspecified atom stereocenters. The number of aryl methyl sites for hydroxylation is 1. The summed E-state index contributed by atoms with van der Waals surface area (Å²) in [6, 6.07) is 0. The Bertz CT molecular complexity index is 452. The number of nitrogens with zero attached hydrogens (tertiary/aromatic N) is 2. The Labute approximate surface area is 130 Å². The van der Waals surface area contributed by atoms with Crippen molar-refractivity contribution in [3.05, 3.63) is 11.4 Å². The summed E-state index contributed by atoms with van der Waals surface area (Å²) in [5.41, 5.74) is 1.34. The third-order valence-corrected chi connectivity index (χ3v) is 4.28. The first-order chi connectivity index (χ1) is 9.81. The van der Waals surface area contributed by atoms with Crippen molar-refractivity contribution in [2.45, 2.75) is 61.3 Å². The summed E-state index contributed by atoms with van der Waals surface area (Å²) in [5, 5.41) is 6.88. The van der Waals surface area contributed by atoms with Crippen LogP contribution in [0.4, 0.5) is 11.6 Å². The number of hydrogen-bond acceptors (Lipinski definition) is 4. The van der Waals surface area contributed by atoms with Crippen molar-refractivity contribution in [3.8, 4) is 0 Å². The monoisotopic (exact) mass is 292 g/mol. The topological polar surface area (TPSA) is 49.8 Å². The summed E-state index contributed by atoms with van der Waals surface area (Å²) in [4.78, 5) is 9.33. The number of nitrogens with one attached hydrogen (secondary N) is 2. The van der Waals surface area contributed by atoms with Crippen LogP contribution in [0, 0.1) is 18.3 Å². The molecule has 0 aliphatic carbocycles. The van der Waals surface area contributed by atoms with Gasteiger partial charge in [0.1, 0.15) is 17.5 Å². The van der Waals surface area contributed by atoms with Crippen LogP contribution in [0.25, 0.3) is 0 Å². The molecular weight excluding hydrogens is 260 g/mol. The van der Waals surface area contributed by atoms with Crippen molar-refractivity contribution in [1.29, 1.82) is 0 Å². The second-order valence-corrected chi connectivity index (χ2v) is 6.74. The molecule has 2 N–H and O–H groups in total. The highest BCUT2D eigenvalue weighted by Crippen LogP contribution is 2.28. The van der Waals surface area contributed by atoms with E-state index in [-0.39, 0.29) is 5.41 Å². The number of hydrogen-bond donors (Lipinski definition) is 2. The molecule has 4 nitrogen and oxygen atoms in total. The molecule has 21 heavy (non-hydrogen) atoms. The van der Waals surface area contributed by atoms with Gasteiger partial charge < -0.3 is 10.6 Å². The van der Waals surface area contributed by atoms with Gasteiger partial charge in [-0.05, 0) is 31.6 Å². The van der Waals surface area contributed by atoms with Gasteiger partial charge in [0.2, 0.25) is 0 Å². The van der Waals surface area contributed by atoms with Gasteiger partial charge in [-0.2, -0.15) is 0 Å². The van der Waals surface area contributed by atoms with Crippen LogP contribution in [-0.2, 0) is 6.42 Å². The van der Waals surface area contributed by atoms with Crippen LogP contribution in [-0.4, -0.2) is 23.1 Å². The van der Waals surface area contributed by atoms with E-state index in [0.29, 0.717) is 5.92 Å². The molecular formula is C17H32N4. The van der Waals surface area contributed by atoms with Crippen LogP contribution in [0.5, 0.6) is 0 Å². The molecule has 4 heteroatoms. The van der Waals surface area contributed by atoms with Crippen molar-refractivity contribution in [3.63, 3.8) is 0 Å². The fourth-order valence-electron chi connectivity index (χ4n) is 1.93. The SMILES string of the molecule is CCCc1nc(NCC)c(C)c(NCC(C)(C)C(C)C)n1. The molecule has 1 heterocycles. The third-order valence-electron chi connectivity index (χ3n) is 4.28. The first kappa shape index (κ1) is 17.7. The first-order valence-electron chi connectivity index (χ1n) is 8.17. The number of rotatable bonds is 8. The fourth-order valence-corrected chi connectivity index (χ4v) is 1.93. The van der Waals surface area contributed by atoms with E-state index in [2.05, 4.69) is 64.1 Å². The molecule has 0 saturated carbocycles. The van der Waals surface area contributed by atoms with Gasteiger partial charge in [-0.15, -0.1) is 0 Å². The maximum atomic E-state index is 4.71. The lowest BCUT2D eigenvalue weighted by molar-refractivity contribution is 0.269. The maximum Gasteiger partial charge on any atom is 0.134 e. The minimum Gasteiger partial charge on any atom is -0.370 e. The lowest BCUT2D eigenvalue weighted by atomic mass is 9.81. The zero-order valence-electron chi connectivity index (χ0n) is 14.8. The number of anilines is 2. The van der Waals surface area contributed by atoms with Crippen molar-refractivity contribution < 1.29 is 0 Å². The van der Waals surface area contributed by atoms with Crippen molar-refractivity contribution in [1.82, 2.24) is 9.97 Å². The van der Waals surface area contributed by atoms with Crippen molar-refractivity contribution >= 4 is 11.6 Å². The van der Waals surface area contributed by atoms with Crippen molar-refractivity contribution in [2.24, 2.45) is 11.3 Å². The highest BCUT2D eigenvalue weighted by molar-refractivity contribution is 5.57. The quantitative estimate of drug-likeness (QED) is 0.751. The molecule has 1 rings (SSSR count). The molecule has 0 radical (unpaired) electrons. The van der Waals surface area contributed by atoms with Crippen LogP contribution < -0.4 is 10.6 Å². The Morgan fingerprint density at radius 3 is 2.10 bits per heavy atom. The molecule has 0 fully saturated rings.